The predicted molar refractivity (Wildman–Crippen MR) is 56.6 cm³/mol. The SMILES string of the molecule is CCc1ccccc1C=CCCO. The minimum atomic E-state index is 0.227. The molecule has 0 aliphatic heterocycles. The first-order valence-electron chi connectivity index (χ1n) is 4.73. The lowest BCUT2D eigenvalue weighted by Crippen LogP contribution is -1.84. The van der Waals surface area contributed by atoms with Gasteiger partial charge >= 0.3 is 0 Å². The van der Waals surface area contributed by atoms with Crippen molar-refractivity contribution < 1.29 is 5.11 Å². The first-order valence-corrected chi connectivity index (χ1v) is 4.73. The van der Waals surface area contributed by atoms with E-state index in [0.717, 1.165) is 12.8 Å². The zero-order valence-corrected chi connectivity index (χ0v) is 8.03. The quantitative estimate of drug-likeness (QED) is 0.747. The maximum atomic E-state index is 8.62. The van der Waals surface area contributed by atoms with Gasteiger partial charge in [-0.05, 0) is 24.0 Å². The van der Waals surface area contributed by atoms with Gasteiger partial charge in [-0.2, -0.15) is 0 Å². The summed E-state index contributed by atoms with van der Waals surface area (Å²) in [5.41, 5.74) is 2.62. The van der Waals surface area contributed by atoms with Gasteiger partial charge in [-0.25, -0.2) is 0 Å². The third-order valence-electron chi connectivity index (χ3n) is 2.03. The van der Waals surface area contributed by atoms with Crippen molar-refractivity contribution in [3.63, 3.8) is 0 Å². The molecule has 0 aliphatic carbocycles. The minimum Gasteiger partial charge on any atom is -0.396 e. The molecule has 0 amide bonds. The second kappa shape index (κ2) is 5.55. The molecule has 1 heteroatoms. The van der Waals surface area contributed by atoms with E-state index in [1.54, 1.807) is 0 Å². The summed E-state index contributed by atoms with van der Waals surface area (Å²) >= 11 is 0. The standard InChI is InChI=1S/C12H16O/c1-2-11-7-3-4-8-12(11)9-5-6-10-13/h3-5,7-9,13H,2,6,10H2,1H3. The monoisotopic (exact) mass is 176 g/mol. The van der Waals surface area contributed by atoms with Crippen LogP contribution in [-0.4, -0.2) is 11.7 Å². The maximum absolute atomic E-state index is 8.62. The topological polar surface area (TPSA) is 20.2 Å². The molecule has 0 unspecified atom stereocenters. The number of aliphatic hydroxyl groups excluding tert-OH is 1. The third-order valence-corrected chi connectivity index (χ3v) is 2.03. The fraction of sp³-hybridized carbons (Fsp3) is 0.333. The van der Waals surface area contributed by atoms with Crippen molar-refractivity contribution in [3.8, 4) is 0 Å². The number of aryl methyl sites for hydroxylation is 1. The Bertz CT molecular complexity index is 276. The molecule has 1 N–H and O–H groups in total. The number of hydrogen-bond acceptors (Lipinski definition) is 1. The average Bonchev–Trinajstić information content (AvgIpc) is 2.19. The highest BCUT2D eigenvalue weighted by Crippen LogP contribution is 2.11. The van der Waals surface area contributed by atoms with Gasteiger partial charge in [0.25, 0.3) is 0 Å². The first-order chi connectivity index (χ1) is 6.38. The summed E-state index contributed by atoms with van der Waals surface area (Å²) in [5, 5.41) is 8.62. The van der Waals surface area contributed by atoms with Crippen molar-refractivity contribution in [1.29, 1.82) is 0 Å². The molecule has 0 bridgehead atoms. The summed E-state index contributed by atoms with van der Waals surface area (Å²) in [7, 11) is 0. The number of rotatable bonds is 4. The molecule has 0 aliphatic rings. The van der Waals surface area contributed by atoms with Crippen LogP contribution in [0, 0.1) is 0 Å². The van der Waals surface area contributed by atoms with Crippen LogP contribution in [0.3, 0.4) is 0 Å². The van der Waals surface area contributed by atoms with Gasteiger partial charge in [0.1, 0.15) is 0 Å². The second-order valence-electron chi connectivity index (χ2n) is 2.97. The van der Waals surface area contributed by atoms with Crippen molar-refractivity contribution in [2.45, 2.75) is 19.8 Å². The molecule has 1 aromatic rings. The molecule has 70 valence electrons. The Hall–Kier alpha value is -1.08. The zero-order chi connectivity index (χ0) is 9.52. The van der Waals surface area contributed by atoms with E-state index in [4.69, 9.17) is 5.11 Å². The van der Waals surface area contributed by atoms with Gasteiger partial charge in [-0.1, -0.05) is 43.3 Å². The van der Waals surface area contributed by atoms with Crippen molar-refractivity contribution in [2.75, 3.05) is 6.61 Å². The van der Waals surface area contributed by atoms with E-state index >= 15 is 0 Å². The van der Waals surface area contributed by atoms with E-state index in [1.807, 2.05) is 12.1 Å². The van der Waals surface area contributed by atoms with E-state index in [0.29, 0.717) is 0 Å². The Morgan fingerprint density at radius 1 is 1.31 bits per heavy atom. The molecule has 0 saturated carbocycles. The summed E-state index contributed by atoms with van der Waals surface area (Å²) in [6.07, 6.45) is 5.88. The molecule has 0 fully saturated rings. The second-order valence-corrected chi connectivity index (χ2v) is 2.97. The summed E-state index contributed by atoms with van der Waals surface area (Å²) in [6, 6.07) is 8.34. The van der Waals surface area contributed by atoms with Crippen molar-refractivity contribution in [3.05, 3.63) is 41.5 Å². The molecular weight excluding hydrogens is 160 g/mol. The van der Waals surface area contributed by atoms with Crippen molar-refractivity contribution in [2.24, 2.45) is 0 Å². The van der Waals surface area contributed by atoms with Crippen molar-refractivity contribution in [1.82, 2.24) is 0 Å². The van der Waals surface area contributed by atoms with Crippen LogP contribution in [0.5, 0.6) is 0 Å². The Morgan fingerprint density at radius 2 is 2.08 bits per heavy atom. The molecule has 0 aromatic heterocycles. The maximum Gasteiger partial charge on any atom is 0.0465 e. The van der Waals surface area contributed by atoms with Crippen LogP contribution >= 0.6 is 0 Å². The Labute approximate surface area is 79.7 Å². The van der Waals surface area contributed by atoms with Gasteiger partial charge in [0, 0.05) is 6.61 Å². The van der Waals surface area contributed by atoms with Crippen LogP contribution < -0.4 is 0 Å². The Balaban J connectivity index is 2.74. The Morgan fingerprint density at radius 3 is 2.77 bits per heavy atom. The fourth-order valence-electron chi connectivity index (χ4n) is 1.30. The van der Waals surface area contributed by atoms with Crippen LogP contribution in [0.25, 0.3) is 6.08 Å². The normalized spacial score (nSPS) is 10.9. The van der Waals surface area contributed by atoms with Gasteiger partial charge in [-0.15, -0.1) is 0 Å². The molecule has 1 nitrogen and oxygen atoms in total. The van der Waals surface area contributed by atoms with Crippen LogP contribution in [-0.2, 0) is 6.42 Å². The molecular formula is C12H16O. The van der Waals surface area contributed by atoms with Gasteiger partial charge < -0.3 is 5.11 Å². The lowest BCUT2D eigenvalue weighted by Gasteiger charge is -2.01. The van der Waals surface area contributed by atoms with Crippen LogP contribution in [0.1, 0.15) is 24.5 Å². The molecule has 0 spiro atoms. The van der Waals surface area contributed by atoms with E-state index in [1.165, 1.54) is 11.1 Å². The molecule has 1 aromatic carbocycles. The van der Waals surface area contributed by atoms with Crippen LogP contribution in [0.15, 0.2) is 30.3 Å². The molecule has 0 atom stereocenters. The first kappa shape index (κ1) is 10.0. The van der Waals surface area contributed by atoms with Crippen molar-refractivity contribution >= 4 is 6.08 Å². The summed E-state index contributed by atoms with van der Waals surface area (Å²) in [6.45, 7) is 2.38. The van der Waals surface area contributed by atoms with E-state index in [-0.39, 0.29) is 6.61 Å². The lowest BCUT2D eigenvalue weighted by atomic mass is 10.0. The molecule has 0 radical (unpaired) electrons. The highest BCUT2D eigenvalue weighted by atomic mass is 16.2. The van der Waals surface area contributed by atoms with E-state index in [2.05, 4.69) is 31.2 Å². The lowest BCUT2D eigenvalue weighted by molar-refractivity contribution is 0.303. The summed E-state index contributed by atoms with van der Waals surface area (Å²) in [5.74, 6) is 0. The molecule has 0 heterocycles. The average molecular weight is 176 g/mol. The van der Waals surface area contributed by atoms with Crippen LogP contribution in [0.2, 0.25) is 0 Å². The van der Waals surface area contributed by atoms with E-state index < -0.39 is 0 Å². The van der Waals surface area contributed by atoms with Gasteiger partial charge in [-0.3, -0.25) is 0 Å². The predicted octanol–water partition coefficient (Wildman–Crippen LogP) is 2.64. The number of hydrogen-bond donors (Lipinski definition) is 1. The largest absolute Gasteiger partial charge is 0.396 e. The number of benzene rings is 1. The highest BCUT2D eigenvalue weighted by Gasteiger charge is 1.93. The van der Waals surface area contributed by atoms with Gasteiger partial charge in [0.05, 0.1) is 0 Å². The third kappa shape index (κ3) is 3.03. The highest BCUT2D eigenvalue weighted by molar-refractivity contribution is 5.53. The van der Waals surface area contributed by atoms with Gasteiger partial charge in [0.15, 0.2) is 0 Å². The molecule has 0 saturated heterocycles. The van der Waals surface area contributed by atoms with Crippen LogP contribution in [0.4, 0.5) is 0 Å². The van der Waals surface area contributed by atoms with Gasteiger partial charge in [0.2, 0.25) is 0 Å². The number of aliphatic hydroxyl groups is 1. The summed E-state index contributed by atoms with van der Waals surface area (Å²) < 4.78 is 0. The summed E-state index contributed by atoms with van der Waals surface area (Å²) in [4.78, 5) is 0. The Kier molecular flexibility index (Phi) is 4.27. The smallest absolute Gasteiger partial charge is 0.0465 e. The molecule has 13 heavy (non-hydrogen) atoms. The molecule has 1 rings (SSSR count). The zero-order valence-electron chi connectivity index (χ0n) is 8.03. The van der Waals surface area contributed by atoms with E-state index in [9.17, 15) is 0 Å². The minimum absolute atomic E-state index is 0.227. The fourth-order valence-corrected chi connectivity index (χ4v) is 1.30.